The molecule has 1 heterocycles. The number of aromatic nitrogens is 1. The molecule has 0 aliphatic carbocycles. The number of pyridine rings is 1. The lowest BCUT2D eigenvalue weighted by Gasteiger charge is -2.20. The number of benzene rings is 4. The van der Waals surface area contributed by atoms with Crippen LogP contribution < -0.4 is 10.3 Å². The highest BCUT2D eigenvalue weighted by molar-refractivity contribution is 5.73. The van der Waals surface area contributed by atoms with E-state index in [1.54, 1.807) is 23.6 Å². The van der Waals surface area contributed by atoms with Crippen molar-refractivity contribution in [3.8, 4) is 16.9 Å². The van der Waals surface area contributed by atoms with Gasteiger partial charge in [-0.05, 0) is 58.0 Å². The van der Waals surface area contributed by atoms with Crippen molar-refractivity contribution in [1.29, 1.82) is 0 Å². The number of carboxylic acid groups (broad SMARTS) is 1. The van der Waals surface area contributed by atoms with Gasteiger partial charge in [-0.25, -0.2) is 4.79 Å². The maximum Gasteiger partial charge on any atom is 0.344 e. The third-order valence-corrected chi connectivity index (χ3v) is 6.98. The highest BCUT2D eigenvalue weighted by Gasteiger charge is 2.18. The highest BCUT2D eigenvalue weighted by Crippen LogP contribution is 2.31. The zero-order chi connectivity index (χ0) is 27.9. The number of nitrogens with zero attached hydrogens (tertiary/aromatic N) is 1. The normalized spacial score (nSPS) is 11.8. The molecule has 0 aliphatic heterocycles. The Bertz CT molecular complexity index is 1600. The van der Waals surface area contributed by atoms with Crippen molar-refractivity contribution in [2.75, 3.05) is 0 Å². The van der Waals surface area contributed by atoms with Gasteiger partial charge in [-0.1, -0.05) is 104 Å². The van der Waals surface area contributed by atoms with Crippen molar-refractivity contribution in [3.05, 3.63) is 160 Å². The predicted molar refractivity (Wildman–Crippen MR) is 158 cm³/mol. The number of rotatable bonds is 10. The average Bonchev–Trinajstić information content (AvgIpc) is 2.99. The molecule has 0 radical (unpaired) electrons. The van der Waals surface area contributed by atoms with Crippen LogP contribution in [0.4, 0.5) is 0 Å². The van der Waals surface area contributed by atoms with Crippen LogP contribution in [0, 0.1) is 0 Å². The Morgan fingerprint density at radius 3 is 2.00 bits per heavy atom. The molecule has 5 nitrogen and oxygen atoms in total. The van der Waals surface area contributed by atoms with E-state index in [4.69, 9.17) is 4.74 Å². The molecule has 200 valence electrons. The average molecular weight is 530 g/mol. The fourth-order valence-electron chi connectivity index (χ4n) is 4.98. The number of carbonyl (C=O) groups is 1. The van der Waals surface area contributed by atoms with Crippen molar-refractivity contribution >= 4 is 5.97 Å². The summed E-state index contributed by atoms with van der Waals surface area (Å²) >= 11 is 0. The summed E-state index contributed by atoms with van der Waals surface area (Å²) in [6, 6.07) is 39.7. The van der Waals surface area contributed by atoms with E-state index < -0.39 is 12.1 Å². The molecule has 1 unspecified atom stereocenters. The number of ether oxygens (including phenoxy) is 1. The third-order valence-electron chi connectivity index (χ3n) is 6.98. The second kappa shape index (κ2) is 12.3. The predicted octanol–water partition coefficient (Wildman–Crippen LogP) is 6.99. The minimum absolute atomic E-state index is 0.000994. The van der Waals surface area contributed by atoms with E-state index in [9.17, 15) is 14.7 Å². The summed E-state index contributed by atoms with van der Waals surface area (Å²) < 4.78 is 7.45. The molecule has 0 saturated carbocycles. The van der Waals surface area contributed by atoms with Crippen molar-refractivity contribution in [3.63, 3.8) is 0 Å². The van der Waals surface area contributed by atoms with E-state index in [-0.39, 0.29) is 11.5 Å². The first-order chi connectivity index (χ1) is 19.5. The van der Waals surface area contributed by atoms with Gasteiger partial charge in [-0.3, -0.25) is 4.79 Å². The molecule has 1 atom stereocenters. The summed E-state index contributed by atoms with van der Waals surface area (Å²) in [5.74, 6) is -0.473. The van der Waals surface area contributed by atoms with Crippen molar-refractivity contribution in [1.82, 2.24) is 4.57 Å². The Hall–Kier alpha value is -4.90. The summed E-state index contributed by atoms with van der Waals surface area (Å²) in [4.78, 5) is 24.4. The van der Waals surface area contributed by atoms with E-state index in [1.165, 1.54) is 0 Å². The maximum absolute atomic E-state index is 13.0. The zero-order valence-corrected chi connectivity index (χ0v) is 22.3. The molecule has 5 aromatic rings. The number of hydrogen-bond acceptors (Lipinski definition) is 3. The molecular formula is C35H31NO4. The minimum Gasteiger partial charge on any atom is -0.479 e. The second-order valence-electron chi connectivity index (χ2n) is 9.76. The van der Waals surface area contributed by atoms with Crippen LogP contribution in [-0.4, -0.2) is 21.7 Å². The first-order valence-electron chi connectivity index (χ1n) is 13.4. The molecule has 0 spiro atoms. The smallest absolute Gasteiger partial charge is 0.344 e. The lowest BCUT2D eigenvalue weighted by Crippen LogP contribution is -2.25. The van der Waals surface area contributed by atoms with Gasteiger partial charge in [0.25, 0.3) is 5.56 Å². The lowest BCUT2D eigenvalue weighted by atomic mass is 9.86. The lowest BCUT2D eigenvalue weighted by molar-refractivity contribution is -0.145. The van der Waals surface area contributed by atoms with Crippen LogP contribution in [0.2, 0.25) is 0 Å². The van der Waals surface area contributed by atoms with Crippen LogP contribution in [0.1, 0.15) is 41.5 Å². The van der Waals surface area contributed by atoms with Gasteiger partial charge in [-0.2, -0.15) is 0 Å². The summed E-state index contributed by atoms with van der Waals surface area (Å²) in [5, 5.41) is 9.35. The Kier molecular flexibility index (Phi) is 8.21. The zero-order valence-electron chi connectivity index (χ0n) is 22.3. The molecule has 0 bridgehead atoms. The van der Waals surface area contributed by atoms with Crippen molar-refractivity contribution in [2.24, 2.45) is 0 Å². The molecule has 4 aromatic carbocycles. The van der Waals surface area contributed by atoms with E-state index in [0.717, 1.165) is 33.4 Å². The first-order valence-corrected chi connectivity index (χ1v) is 13.4. The Labute approximate surface area is 234 Å². The van der Waals surface area contributed by atoms with Gasteiger partial charge in [0.05, 0.1) is 6.54 Å². The van der Waals surface area contributed by atoms with Crippen LogP contribution >= 0.6 is 0 Å². The Morgan fingerprint density at radius 1 is 0.750 bits per heavy atom. The number of carboxylic acids is 1. The topological polar surface area (TPSA) is 68.5 Å². The maximum atomic E-state index is 13.0. The summed E-state index contributed by atoms with van der Waals surface area (Å²) in [6.45, 7) is 2.20. The van der Waals surface area contributed by atoms with Gasteiger partial charge < -0.3 is 14.4 Å². The summed E-state index contributed by atoms with van der Waals surface area (Å²) in [6.07, 6.45) is 1.44. The van der Waals surface area contributed by atoms with E-state index >= 15 is 0 Å². The summed E-state index contributed by atoms with van der Waals surface area (Å²) in [7, 11) is 0. The Balaban J connectivity index is 1.44. The van der Waals surface area contributed by atoms with E-state index in [0.29, 0.717) is 18.7 Å². The first kappa shape index (κ1) is 26.7. The number of aliphatic carboxylic acids is 1. The second-order valence-corrected chi connectivity index (χ2v) is 9.76. The third kappa shape index (κ3) is 6.21. The van der Waals surface area contributed by atoms with Gasteiger partial charge in [0.1, 0.15) is 5.75 Å². The highest BCUT2D eigenvalue weighted by atomic mass is 16.5. The molecule has 0 amide bonds. The molecule has 0 fully saturated rings. The largest absolute Gasteiger partial charge is 0.479 e. The quantitative estimate of drug-likeness (QED) is 0.212. The van der Waals surface area contributed by atoms with Gasteiger partial charge >= 0.3 is 5.97 Å². The molecule has 5 heteroatoms. The molecule has 0 aliphatic rings. The summed E-state index contributed by atoms with van der Waals surface area (Å²) in [5.41, 5.74) is 6.16. The van der Waals surface area contributed by atoms with E-state index in [1.807, 2.05) is 85.1 Å². The van der Waals surface area contributed by atoms with Crippen molar-refractivity contribution < 1.29 is 14.6 Å². The minimum atomic E-state index is -0.982. The Morgan fingerprint density at radius 2 is 1.38 bits per heavy atom. The molecule has 1 aromatic heterocycles. The van der Waals surface area contributed by atoms with Gasteiger partial charge in [0.15, 0.2) is 6.10 Å². The van der Waals surface area contributed by atoms with Crippen LogP contribution in [0.25, 0.3) is 11.1 Å². The molecule has 0 saturated heterocycles. The standard InChI is InChI=1S/C35H31NO4/c1-2-32(35(38)39)40-31-18-10-17-29(22-31)28-16-9-11-25(21-28)23-36-24-30(19-20-33(36)37)34(26-12-5-3-6-13-26)27-14-7-4-8-15-27/h3-22,24,32,34H,2,23H2,1H3,(H,38,39). The monoisotopic (exact) mass is 529 g/mol. The van der Waals surface area contributed by atoms with Gasteiger partial charge in [0, 0.05) is 18.2 Å². The van der Waals surface area contributed by atoms with Gasteiger partial charge in [0.2, 0.25) is 0 Å². The van der Waals surface area contributed by atoms with Crippen LogP contribution in [0.3, 0.4) is 0 Å². The van der Waals surface area contributed by atoms with Crippen LogP contribution in [0.5, 0.6) is 5.75 Å². The molecule has 1 N–H and O–H groups in total. The SMILES string of the molecule is CCC(Oc1cccc(-c2cccc(Cn3cc(C(c4ccccc4)c4ccccc4)ccc3=O)c2)c1)C(=O)O. The fraction of sp³-hybridized carbons (Fsp3) is 0.143. The molecule has 5 rings (SSSR count). The fourth-order valence-corrected chi connectivity index (χ4v) is 4.98. The molecule has 40 heavy (non-hydrogen) atoms. The van der Waals surface area contributed by atoms with Gasteiger partial charge in [-0.15, -0.1) is 0 Å². The van der Waals surface area contributed by atoms with Crippen molar-refractivity contribution in [2.45, 2.75) is 31.9 Å². The van der Waals surface area contributed by atoms with Crippen LogP contribution in [-0.2, 0) is 11.3 Å². The number of hydrogen-bond donors (Lipinski definition) is 1. The van der Waals surface area contributed by atoms with Crippen LogP contribution in [0.15, 0.2) is 132 Å². The van der Waals surface area contributed by atoms with E-state index in [2.05, 4.69) is 30.3 Å². The molecular weight excluding hydrogens is 498 g/mol.